The third-order valence-corrected chi connectivity index (χ3v) is 3.51. The minimum Gasteiger partial charge on any atom is -0.390 e. The molecule has 0 aromatic carbocycles. The smallest absolute Gasteiger partial charge is 0.125 e. The molecule has 0 unspecified atom stereocenters. The third-order valence-electron chi connectivity index (χ3n) is 3.51. The summed E-state index contributed by atoms with van der Waals surface area (Å²) in [6, 6.07) is 0. The van der Waals surface area contributed by atoms with Crippen LogP contribution in [0.3, 0.4) is 0 Å². The van der Waals surface area contributed by atoms with Crippen LogP contribution in [0.2, 0.25) is 0 Å². The molecule has 94 valence electrons. The monoisotopic (exact) mass is 235 g/mol. The summed E-state index contributed by atoms with van der Waals surface area (Å²) in [5, 5.41) is 9.99. The largest absolute Gasteiger partial charge is 0.390 e. The zero-order valence-corrected chi connectivity index (χ0v) is 10.8. The first-order chi connectivity index (χ1) is 7.95. The van der Waals surface area contributed by atoms with E-state index in [0.29, 0.717) is 5.92 Å². The van der Waals surface area contributed by atoms with E-state index in [4.69, 9.17) is 0 Å². The first-order valence-electron chi connectivity index (χ1n) is 6.17. The maximum absolute atomic E-state index is 9.99. The number of hydrogen-bond donors (Lipinski definition) is 1. The van der Waals surface area contributed by atoms with E-state index in [9.17, 15) is 5.11 Å². The van der Waals surface area contributed by atoms with Crippen LogP contribution in [-0.4, -0.2) is 38.7 Å². The molecule has 0 amide bonds. The molecule has 1 aromatic rings. The molecule has 1 atom stereocenters. The Morgan fingerprint density at radius 2 is 2.06 bits per heavy atom. The molecule has 1 aromatic heterocycles. The first kappa shape index (κ1) is 12.5. The van der Waals surface area contributed by atoms with Crippen LogP contribution >= 0.6 is 0 Å². The fraction of sp³-hybridized carbons (Fsp3) is 0.692. The molecule has 0 spiro atoms. The van der Waals surface area contributed by atoms with Crippen LogP contribution in [0.15, 0.2) is 12.4 Å². The van der Waals surface area contributed by atoms with Gasteiger partial charge in [-0.15, -0.1) is 0 Å². The van der Waals surface area contributed by atoms with Crippen molar-refractivity contribution in [2.45, 2.75) is 39.3 Å². The van der Waals surface area contributed by atoms with Crippen LogP contribution in [0.4, 0.5) is 0 Å². The van der Waals surface area contributed by atoms with Crippen LogP contribution in [0.1, 0.15) is 31.7 Å². The second kappa shape index (κ2) is 4.70. The van der Waals surface area contributed by atoms with Gasteiger partial charge in [0, 0.05) is 37.0 Å². The van der Waals surface area contributed by atoms with E-state index in [2.05, 4.69) is 14.9 Å². The Labute approximate surface area is 103 Å². The van der Waals surface area contributed by atoms with Crippen molar-refractivity contribution >= 4 is 0 Å². The van der Waals surface area contributed by atoms with Gasteiger partial charge in [0.2, 0.25) is 0 Å². The number of aryl methyl sites for hydroxylation is 1. The lowest BCUT2D eigenvalue weighted by Gasteiger charge is -2.25. The van der Waals surface area contributed by atoms with E-state index in [1.54, 1.807) is 0 Å². The van der Waals surface area contributed by atoms with E-state index < -0.39 is 5.60 Å². The van der Waals surface area contributed by atoms with Crippen molar-refractivity contribution in [1.29, 1.82) is 0 Å². The number of aliphatic hydroxyl groups is 1. The molecule has 0 aliphatic carbocycles. The Bertz CT molecular complexity index is 369. The molecule has 0 radical (unpaired) electrons. The zero-order chi connectivity index (χ0) is 12.5. The van der Waals surface area contributed by atoms with Gasteiger partial charge >= 0.3 is 0 Å². The zero-order valence-electron chi connectivity index (χ0n) is 10.8. The lowest BCUT2D eigenvalue weighted by atomic mass is 9.90. The number of nitrogens with zero attached hydrogens (tertiary/aromatic N) is 3. The van der Waals surface area contributed by atoms with Crippen LogP contribution in [0.25, 0.3) is 0 Å². The number of aromatic nitrogens is 2. The molecule has 0 bridgehead atoms. The molecule has 0 saturated carbocycles. The molecule has 2 rings (SSSR count). The second-order valence-electron chi connectivity index (χ2n) is 5.51. The third kappa shape index (κ3) is 3.23. The summed E-state index contributed by atoms with van der Waals surface area (Å²) in [6.45, 7) is 8.57. The second-order valence-corrected chi connectivity index (χ2v) is 5.51. The SMILES string of the molecule is Cc1ncc(CN2CC[C@H](C(C)(C)O)C2)cn1. The summed E-state index contributed by atoms with van der Waals surface area (Å²) in [6.07, 6.45) is 4.84. The van der Waals surface area contributed by atoms with Gasteiger partial charge in [-0.3, -0.25) is 4.90 Å². The average molecular weight is 235 g/mol. The Morgan fingerprint density at radius 3 is 2.59 bits per heavy atom. The number of likely N-dealkylation sites (tertiary alicyclic amines) is 1. The van der Waals surface area contributed by atoms with Crippen molar-refractivity contribution in [1.82, 2.24) is 14.9 Å². The van der Waals surface area contributed by atoms with Crippen molar-refractivity contribution < 1.29 is 5.11 Å². The van der Waals surface area contributed by atoms with Gasteiger partial charge in [-0.2, -0.15) is 0 Å². The molecule has 1 aliphatic rings. The van der Waals surface area contributed by atoms with E-state index in [1.165, 1.54) is 0 Å². The predicted molar refractivity (Wildman–Crippen MR) is 66.5 cm³/mol. The highest BCUT2D eigenvalue weighted by molar-refractivity contribution is 5.05. The summed E-state index contributed by atoms with van der Waals surface area (Å²) < 4.78 is 0. The van der Waals surface area contributed by atoms with Gasteiger partial charge in [0.1, 0.15) is 5.82 Å². The van der Waals surface area contributed by atoms with Crippen molar-refractivity contribution in [3.63, 3.8) is 0 Å². The van der Waals surface area contributed by atoms with E-state index in [-0.39, 0.29) is 0 Å². The fourth-order valence-electron chi connectivity index (χ4n) is 2.31. The highest BCUT2D eigenvalue weighted by Gasteiger charge is 2.33. The van der Waals surface area contributed by atoms with Crippen molar-refractivity contribution in [2.75, 3.05) is 13.1 Å². The summed E-state index contributed by atoms with van der Waals surface area (Å²) in [7, 11) is 0. The molecule has 1 fully saturated rings. The van der Waals surface area contributed by atoms with Gasteiger partial charge in [-0.25, -0.2) is 9.97 Å². The molecule has 1 aliphatic heterocycles. The Morgan fingerprint density at radius 1 is 1.41 bits per heavy atom. The van der Waals surface area contributed by atoms with E-state index in [1.807, 2.05) is 33.2 Å². The minimum absolute atomic E-state index is 0.369. The number of rotatable bonds is 3. The van der Waals surface area contributed by atoms with Gasteiger partial charge in [-0.05, 0) is 33.7 Å². The normalized spacial score (nSPS) is 22.0. The molecule has 17 heavy (non-hydrogen) atoms. The minimum atomic E-state index is -0.571. The highest BCUT2D eigenvalue weighted by Crippen LogP contribution is 2.27. The van der Waals surface area contributed by atoms with Gasteiger partial charge in [0.05, 0.1) is 5.60 Å². The molecule has 4 nitrogen and oxygen atoms in total. The van der Waals surface area contributed by atoms with Crippen molar-refractivity contribution in [3.05, 3.63) is 23.8 Å². The van der Waals surface area contributed by atoms with Gasteiger partial charge in [-0.1, -0.05) is 0 Å². The van der Waals surface area contributed by atoms with E-state index >= 15 is 0 Å². The maximum atomic E-state index is 9.99. The summed E-state index contributed by atoms with van der Waals surface area (Å²) in [5.41, 5.74) is 0.574. The Balaban J connectivity index is 1.92. The molecule has 1 N–H and O–H groups in total. The fourth-order valence-corrected chi connectivity index (χ4v) is 2.31. The summed E-state index contributed by atoms with van der Waals surface area (Å²) in [4.78, 5) is 10.8. The van der Waals surface area contributed by atoms with Crippen LogP contribution in [-0.2, 0) is 6.54 Å². The van der Waals surface area contributed by atoms with Crippen LogP contribution in [0.5, 0.6) is 0 Å². The number of hydrogen-bond acceptors (Lipinski definition) is 4. The summed E-state index contributed by atoms with van der Waals surface area (Å²) >= 11 is 0. The predicted octanol–water partition coefficient (Wildman–Crippen LogP) is 1.38. The summed E-state index contributed by atoms with van der Waals surface area (Å²) in [5.74, 6) is 1.18. The van der Waals surface area contributed by atoms with Gasteiger partial charge in [0.25, 0.3) is 0 Å². The van der Waals surface area contributed by atoms with Crippen molar-refractivity contribution in [3.8, 4) is 0 Å². The first-order valence-corrected chi connectivity index (χ1v) is 6.17. The lowest BCUT2D eigenvalue weighted by molar-refractivity contribution is 0.0208. The molecular weight excluding hydrogens is 214 g/mol. The Kier molecular flexibility index (Phi) is 3.45. The quantitative estimate of drug-likeness (QED) is 0.860. The molecule has 4 heteroatoms. The Hall–Kier alpha value is -1.00. The van der Waals surface area contributed by atoms with Gasteiger partial charge < -0.3 is 5.11 Å². The highest BCUT2D eigenvalue weighted by atomic mass is 16.3. The topological polar surface area (TPSA) is 49.2 Å². The molecular formula is C13H21N3O. The van der Waals surface area contributed by atoms with Crippen molar-refractivity contribution in [2.24, 2.45) is 5.92 Å². The standard InChI is InChI=1S/C13H21N3O/c1-10-14-6-11(7-15-10)8-16-5-4-12(9-16)13(2,3)17/h6-7,12,17H,4-5,8-9H2,1-3H3/t12-/m0/s1. The van der Waals surface area contributed by atoms with E-state index in [0.717, 1.165) is 37.4 Å². The lowest BCUT2D eigenvalue weighted by Crippen LogP contribution is -2.33. The van der Waals surface area contributed by atoms with Crippen LogP contribution in [0, 0.1) is 12.8 Å². The molecule has 2 heterocycles. The van der Waals surface area contributed by atoms with Crippen LogP contribution < -0.4 is 0 Å². The van der Waals surface area contributed by atoms with Gasteiger partial charge in [0.15, 0.2) is 0 Å². The maximum Gasteiger partial charge on any atom is 0.125 e. The average Bonchev–Trinajstić information content (AvgIpc) is 2.69. The molecule has 1 saturated heterocycles.